The summed E-state index contributed by atoms with van der Waals surface area (Å²) in [4.78, 5) is 46.1. The SMILES string of the molecule is CC(C)(C)OC(=O)N[C@H]1CN(c2ncc(C(=O)N(C3CC3)C3CCN(c4noc([C@@H]5CCOC5)n4)CC3)cn2)C[C@@H]1c1cc(F)ccc1F. The molecule has 0 bridgehead atoms. The smallest absolute Gasteiger partial charge is 0.407 e. The molecule has 4 fully saturated rings. The minimum Gasteiger partial charge on any atom is -0.444 e. The Bertz CT molecular complexity index is 1650. The number of rotatable bonds is 8. The fourth-order valence-corrected chi connectivity index (χ4v) is 7.01. The second-order valence-electron chi connectivity index (χ2n) is 14.4. The fourth-order valence-electron chi connectivity index (χ4n) is 7.01. The molecule has 3 aliphatic heterocycles. The molecule has 15 heteroatoms. The van der Waals surface area contributed by atoms with Crippen LogP contribution in [0.1, 0.15) is 86.5 Å². The van der Waals surface area contributed by atoms with E-state index in [2.05, 4.69) is 30.3 Å². The minimum absolute atomic E-state index is 0.0609. The van der Waals surface area contributed by atoms with Crippen LogP contribution in [-0.4, -0.2) is 100 Å². The van der Waals surface area contributed by atoms with Crippen molar-refractivity contribution < 1.29 is 32.4 Å². The van der Waals surface area contributed by atoms with Gasteiger partial charge in [-0.1, -0.05) is 0 Å². The van der Waals surface area contributed by atoms with E-state index in [4.69, 9.17) is 14.0 Å². The lowest BCUT2D eigenvalue weighted by atomic mass is 9.94. The van der Waals surface area contributed by atoms with Gasteiger partial charge in [0.05, 0.1) is 24.1 Å². The molecule has 4 aliphatic rings. The Kier molecular flexibility index (Phi) is 9.11. The second kappa shape index (κ2) is 13.5. The first-order valence-corrected chi connectivity index (χ1v) is 17.0. The molecule has 0 radical (unpaired) electrons. The summed E-state index contributed by atoms with van der Waals surface area (Å²) in [7, 11) is 0. The average molecular weight is 681 g/mol. The molecule has 1 N–H and O–H groups in total. The number of nitrogens with one attached hydrogen (secondary N) is 1. The van der Waals surface area contributed by atoms with E-state index in [1.54, 1.807) is 25.7 Å². The number of hydrogen-bond donors (Lipinski definition) is 1. The Morgan fingerprint density at radius 3 is 2.39 bits per heavy atom. The number of halogens is 2. The Hall–Kier alpha value is -4.40. The van der Waals surface area contributed by atoms with Crippen LogP contribution >= 0.6 is 0 Å². The third kappa shape index (κ3) is 7.46. The largest absolute Gasteiger partial charge is 0.444 e. The number of anilines is 2. The lowest BCUT2D eigenvalue weighted by Gasteiger charge is -2.38. The molecule has 3 aromatic rings. The third-order valence-electron chi connectivity index (χ3n) is 9.57. The predicted octanol–water partition coefficient (Wildman–Crippen LogP) is 4.41. The quantitative estimate of drug-likeness (QED) is 0.362. The number of ether oxygens (including phenoxy) is 2. The molecule has 2 aromatic heterocycles. The zero-order valence-corrected chi connectivity index (χ0v) is 28.0. The van der Waals surface area contributed by atoms with Crippen molar-refractivity contribution in [2.75, 3.05) is 49.2 Å². The number of amides is 2. The first-order valence-electron chi connectivity index (χ1n) is 17.0. The molecule has 2 amide bonds. The van der Waals surface area contributed by atoms with E-state index >= 15 is 0 Å². The normalized spacial score (nSPS) is 23.2. The molecule has 1 aliphatic carbocycles. The first kappa shape index (κ1) is 33.1. The second-order valence-corrected chi connectivity index (χ2v) is 14.4. The molecule has 5 heterocycles. The summed E-state index contributed by atoms with van der Waals surface area (Å²) in [6.07, 6.45) is 6.73. The van der Waals surface area contributed by atoms with Crippen molar-refractivity contribution in [2.45, 2.75) is 88.4 Å². The van der Waals surface area contributed by atoms with E-state index < -0.39 is 35.3 Å². The van der Waals surface area contributed by atoms with Crippen LogP contribution in [0.15, 0.2) is 35.1 Å². The highest BCUT2D eigenvalue weighted by Crippen LogP contribution is 2.35. The number of carbonyl (C=O) groups excluding carboxylic acids is 2. The van der Waals surface area contributed by atoms with Crippen molar-refractivity contribution >= 4 is 23.9 Å². The van der Waals surface area contributed by atoms with Crippen LogP contribution in [0, 0.1) is 11.6 Å². The average Bonchev–Trinajstić information content (AvgIpc) is 3.43. The van der Waals surface area contributed by atoms with Crippen LogP contribution in [0.3, 0.4) is 0 Å². The molecule has 49 heavy (non-hydrogen) atoms. The van der Waals surface area contributed by atoms with E-state index in [-0.39, 0.29) is 42.6 Å². The zero-order valence-electron chi connectivity index (χ0n) is 28.0. The maximum Gasteiger partial charge on any atom is 0.407 e. The monoisotopic (exact) mass is 680 g/mol. The van der Waals surface area contributed by atoms with Gasteiger partial charge in [0.2, 0.25) is 11.8 Å². The maximum atomic E-state index is 14.9. The van der Waals surface area contributed by atoms with Crippen molar-refractivity contribution in [3.8, 4) is 0 Å². The number of hydrogen-bond acceptors (Lipinski definition) is 11. The molecule has 13 nitrogen and oxygen atoms in total. The molecule has 0 unspecified atom stereocenters. The van der Waals surface area contributed by atoms with Crippen LogP contribution in [-0.2, 0) is 9.47 Å². The third-order valence-corrected chi connectivity index (χ3v) is 9.57. The number of alkyl carbamates (subject to hydrolysis) is 1. The van der Waals surface area contributed by atoms with Gasteiger partial charge in [-0.3, -0.25) is 4.79 Å². The summed E-state index contributed by atoms with van der Waals surface area (Å²) in [6, 6.07) is 2.93. The van der Waals surface area contributed by atoms with Gasteiger partial charge in [-0.15, -0.1) is 0 Å². The standard InChI is InChI=1S/C34H42F2N8O5/c1-34(2,3)48-33(46)39-28-18-43(17-26(28)25-14-22(35)4-7-27(25)36)31-37-15-21(16-38-31)30(45)44(23-5-6-23)24-8-11-42(12-9-24)32-40-29(49-41-32)20-10-13-47-19-20/h4,7,14-16,20,23-24,26,28H,5-6,8-13,17-19H2,1-3H3,(H,39,46)/t20-,26-,28+/m1/s1. The zero-order chi connectivity index (χ0) is 34.3. The number of carbonyl (C=O) groups is 2. The Morgan fingerprint density at radius 1 is 0.980 bits per heavy atom. The lowest BCUT2D eigenvalue weighted by Crippen LogP contribution is -2.48. The van der Waals surface area contributed by atoms with Crippen molar-refractivity contribution in [3.05, 3.63) is 59.2 Å². The van der Waals surface area contributed by atoms with Crippen molar-refractivity contribution in [3.63, 3.8) is 0 Å². The molecule has 7 rings (SSSR count). The van der Waals surface area contributed by atoms with E-state index in [1.807, 2.05) is 4.90 Å². The van der Waals surface area contributed by atoms with Crippen molar-refractivity contribution in [2.24, 2.45) is 0 Å². The molecule has 1 saturated carbocycles. The van der Waals surface area contributed by atoms with Gasteiger partial charge in [-0.05, 0) is 81.8 Å². The molecular weight excluding hydrogens is 638 g/mol. The number of piperidine rings is 1. The highest BCUT2D eigenvalue weighted by atomic mass is 19.1. The number of aromatic nitrogens is 4. The first-order chi connectivity index (χ1) is 23.5. The van der Waals surface area contributed by atoms with Gasteiger partial charge in [0.15, 0.2) is 0 Å². The summed E-state index contributed by atoms with van der Waals surface area (Å²) in [6.45, 7) is 8.42. The lowest BCUT2D eigenvalue weighted by molar-refractivity contribution is 0.0503. The van der Waals surface area contributed by atoms with Gasteiger partial charge in [-0.2, -0.15) is 4.98 Å². The highest BCUT2D eigenvalue weighted by molar-refractivity contribution is 5.94. The Balaban J connectivity index is 1.02. The van der Waals surface area contributed by atoms with E-state index in [9.17, 15) is 18.4 Å². The summed E-state index contributed by atoms with van der Waals surface area (Å²) in [5.74, 6) is -0.181. The minimum atomic E-state index is -0.734. The maximum absolute atomic E-state index is 14.9. The molecule has 3 atom stereocenters. The molecule has 1 aromatic carbocycles. The molecular formula is C34H42F2N8O5. The van der Waals surface area contributed by atoms with Crippen LogP contribution in [0.25, 0.3) is 0 Å². The van der Waals surface area contributed by atoms with Crippen LogP contribution < -0.4 is 15.1 Å². The summed E-state index contributed by atoms with van der Waals surface area (Å²) >= 11 is 0. The number of nitrogens with zero attached hydrogens (tertiary/aromatic N) is 7. The van der Waals surface area contributed by atoms with Gasteiger partial charge in [0, 0.05) is 63.2 Å². The van der Waals surface area contributed by atoms with Crippen LogP contribution in [0.2, 0.25) is 0 Å². The van der Waals surface area contributed by atoms with Crippen molar-refractivity contribution in [1.29, 1.82) is 0 Å². The summed E-state index contributed by atoms with van der Waals surface area (Å²) in [5.41, 5.74) is -0.207. The highest BCUT2D eigenvalue weighted by Gasteiger charge is 2.41. The van der Waals surface area contributed by atoms with Crippen molar-refractivity contribution in [1.82, 2.24) is 30.3 Å². The fraction of sp³-hybridized carbons (Fsp3) is 0.588. The number of benzene rings is 1. The molecule has 262 valence electrons. The predicted molar refractivity (Wildman–Crippen MR) is 173 cm³/mol. The van der Waals surface area contributed by atoms with Gasteiger partial charge in [0.1, 0.15) is 17.2 Å². The van der Waals surface area contributed by atoms with E-state index in [0.717, 1.165) is 50.3 Å². The summed E-state index contributed by atoms with van der Waals surface area (Å²) < 4.78 is 45.5. The van der Waals surface area contributed by atoms with Crippen LogP contribution in [0.4, 0.5) is 25.5 Å². The molecule has 3 saturated heterocycles. The Morgan fingerprint density at radius 2 is 1.71 bits per heavy atom. The molecule has 0 spiro atoms. The van der Waals surface area contributed by atoms with Gasteiger partial charge in [0.25, 0.3) is 11.9 Å². The van der Waals surface area contributed by atoms with E-state index in [0.29, 0.717) is 49.7 Å². The Labute approximate surface area is 283 Å². The van der Waals surface area contributed by atoms with E-state index in [1.165, 1.54) is 12.4 Å². The topological polar surface area (TPSA) is 139 Å². The summed E-state index contributed by atoms with van der Waals surface area (Å²) in [5, 5.41) is 7.04. The van der Waals surface area contributed by atoms with Gasteiger partial charge >= 0.3 is 6.09 Å². The van der Waals surface area contributed by atoms with Gasteiger partial charge in [-0.25, -0.2) is 23.5 Å². The van der Waals surface area contributed by atoms with Gasteiger partial charge < -0.3 is 34.0 Å². The van der Waals surface area contributed by atoms with Crippen LogP contribution in [0.5, 0.6) is 0 Å².